The van der Waals surface area contributed by atoms with Crippen molar-refractivity contribution in [2.45, 2.75) is 24.7 Å². The van der Waals surface area contributed by atoms with E-state index in [1.165, 1.54) is 0 Å². The molecular formula is C21H21ClF2N4O3S. The van der Waals surface area contributed by atoms with Crippen LogP contribution in [0.25, 0.3) is 0 Å². The Labute approximate surface area is 189 Å². The second-order valence-electron chi connectivity index (χ2n) is 7.70. The van der Waals surface area contributed by atoms with E-state index in [1.54, 1.807) is 24.3 Å². The minimum atomic E-state index is -4.27. The molecule has 2 aliphatic heterocycles. The molecule has 32 heavy (non-hydrogen) atoms. The van der Waals surface area contributed by atoms with Crippen LogP contribution in [0.15, 0.2) is 59.7 Å². The highest BCUT2D eigenvalue weighted by atomic mass is 35.5. The van der Waals surface area contributed by atoms with Crippen LogP contribution >= 0.6 is 11.6 Å². The average molecular weight is 483 g/mol. The van der Waals surface area contributed by atoms with Gasteiger partial charge in [0.25, 0.3) is 5.92 Å². The van der Waals surface area contributed by atoms with Gasteiger partial charge in [-0.05, 0) is 23.3 Å². The number of halogens is 3. The first-order valence-corrected chi connectivity index (χ1v) is 11.8. The van der Waals surface area contributed by atoms with Gasteiger partial charge in [-0.15, -0.1) is 0 Å². The van der Waals surface area contributed by atoms with Crippen molar-refractivity contribution in [3.05, 3.63) is 70.7 Å². The molecule has 0 bridgehead atoms. The number of benzene rings is 2. The average Bonchev–Trinajstić information content (AvgIpc) is 3.20. The zero-order valence-electron chi connectivity index (χ0n) is 16.9. The Morgan fingerprint density at radius 3 is 2.31 bits per heavy atom. The molecular weight excluding hydrogens is 462 g/mol. The van der Waals surface area contributed by atoms with Gasteiger partial charge in [0.1, 0.15) is 0 Å². The maximum atomic E-state index is 13.4. The van der Waals surface area contributed by atoms with Crippen molar-refractivity contribution in [3.8, 4) is 0 Å². The SMILES string of the molecule is O=C(NS(=O)(=O)N1CCC(F)(F)CC1)N1CC(c2ccccc2)C(c2ccc(Cl)cc2)=N1. The summed E-state index contributed by atoms with van der Waals surface area (Å²) in [5.41, 5.74) is 2.26. The standard InChI is InChI=1S/C21H21ClF2N4O3S/c22-17-8-6-16(7-9-17)19-18(15-4-2-1-3-5-15)14-28(25-19)20(29)26-32(30,31)27-12-10-21(23,24)11-13-27/h1-9,18H,10-14H2,(H,26,29). The normalized spacial score (nSPS) is 21.3. The minimum Gasteiger partial charge on any atom is -0.245 e. The number of amides is 2. The number of nitrogens with one attached hydrogen (secondary N) is 1. The molecule has 2 aromatic carbocycles. The number of hydrogen-bond donors (Lipinski definition) is 1. The monoisotopic (exact) mass is 482 g/mol. The minimum absolute atomic E-state index is 0.126. The first kappa shape index (κ1) is 22.6. The van der Waals surface area contributed by atoms with E-state index < -0.39 is 35.0 Å². The van der Waals surface area contributed by atoms with Gasteiger partial charge >= 0.3 is 16.2 Å². The van der Waals surface area contributed by atoms with Gasteiger partial charge in [0.05, 0.1) is 12.3 Å². The number of alkyl halides is 2. The summed E-state index contributed by atoms with van der Waals surface area (Å²) < 4.78 is 54.7. The predicted molar refractivity (Wildman–Crippen MR) is 117 cm³/mol. The Kier molecular flexibility index (Phi) is 6.19. The largest absolute Gasteiger partial charge is 0.352 e. The van der Waals surface area contributed by atoms with Crippen LogP contribution in [-0.4, -0.2) is 55.0 Å². The predicted octanol–water partition coefficient (Wildman–Crippen LogP) is 3.83. The number of nitrogens with zero attached hydrogens (tertiary/aromatic N) is 3. The van der Waals surface area contributed by atoms with Crippen molar-refractivity contribution < 1.29 is 22.0 Å². The Balaban J connectivity index is 1.55. The number of piperidine rings is 1. The van der Waals surface area contributed by atoms with Crippen LogP contribution in [0.3, 0.4) is 0 Å². The van der Waals surface area contributed by atoms with E-state index in [-0.39, 0.29) is 25.6 Å². The van der Waals surface area contributed by atoms with Crippen LogP contribution in [0.5, 0.6) is 0 Å². The Morgan fingerprint density at radius 1 is 1.06 bits per heavy atom. The quantitative estimate of drug-likeness (QED) is 0.719. The lowest BCUT2D eigenvalue weighted by Crippen LogP contribution is -2.51. The van der Waals surface area contributed by atoms with Crippen molar-refractivity contribution >= 4 is 33.6 Å². The van der Waals surface area contributed by atoms with Crippen LogP contribution in [0.4, 0.5) is 13.6 Å². The van der Waals surface area contributed by atoms with Crippen LogP contribution in [-0.2, 0) is 10.2 Å². The molecule has 2 aromatic rings. The van der Waals surface area contributed by atoms with E-state index in [0.717, 1.165) is 20.4 Å². The lowest BCUT2D eigenvalue weighted by Gasteiger charge is -2.30. The Morgan fingerprint density at radius 2 is 1.69 bits per heavy atom. The van der Waals surface area contributed by atoms with Crippen molar-refractivity contribution in [2.24, 2.45) is 5.10 Å². The van der Waals surface area contributed by atoms with Gasteiger partial charge in [-0.2, -0.15) is 17.8 Å². The van der Waals surface area contributed by atoms with Gasteiger partial charge in [0.15, 0.2) is 0 Å². The van der Waals surface area contributed by atoms with E-state index in [0.29, 0.717) is 10.7 Å². The first-order chi connectivity index (χ1) is 15.1. The fourth-order valence-electron chi connectivity index (χ4n) is 3.74. The number of rotatable bonds is 4. The van der Waals surface area contributed by atoms with Crippen LogP contribution in [0.2, 0.25) is 5.02 Å². The second kappa shape index (κ2) is 8.76. The zero-order chi connectivity index (χ0) is 22.9. The van der Waals surface area contributed by atoms with E-state index in [1.807, 2.05) is 35.1 Å². The number of carbonyl (C=O) groups excluding carboxylic acids is 1. The molecule has 1 atom stereocenters. The number of urea groups is 1. The van der Waals surface area contributed by atoms with Gasteiger partial charge in [-0.3, -0.25) is 0 Å². The molecule has 1 N–H and O–H groups in total. The molecule has 7 nitrogen and oxygen atoms in total. The molecule has 1 unspecified atom stereocenters. The lowest BCUT2D eigenvalue weighted by atomic mass is 9.91. The number of hydrogen-bond acceptors (Lipinski definition) is 4. The molecule has 1 fully saturated rings. The molecule has 0 radical (unpaired) electrons. The summed E-state index contributed by atoms with van der Waals surface area (Å²) in [6, 6.07) is 15.5. The molecule has 4 rings (SSSR count). The maximum Gasteiger partial charge on any atom is 0.352 e. The van der Waals surface area contributed by atoms with Gasteiger partial charge < -0.3 is 0 Å². The molecule has 0 aromatic heterocycles. The van der Waals surface area contributed by atoms with E-state index in [4.69, 9.17) is 11.6 Å². The summed E-state index contributed by atoms with van der Waals surface area (Å²) in [5.74, 6) is -3.18. The van der Waals surface area contributed by atoms with Gasteiger partial charge in [0.2, 0.25) is 0 Å². The molecule has 2 heterocycles. The van der Waals surface area contributed by atoms with Crippen molar-refractivity contribution in [1.82, 2.24) is 14.0 Å². The highest BCUT2D eigenvalue weighted by Gasteiger charge is 2.40. The van der Waals surface area contributed by atoms with Gasteiger partial charge in [-0.25, -0.2) is 23.3 Å². The third-order valence-corrected chi connectivity index (χ3v) is 7.23. The van der Waals surface area contributed by atoms with Crippen molar-refractivity contribution in [2.75, 3.05) is 19.6 Å². The lowest BCUT2D eigenvalue weighted by molar-refractivity contribution is -0.0412. The first-order valence-electron chi connectivity index (χ1n) is 10.0. The fourth-order valence-corrected chi connectivity index (χ4v) is 4.98. The summed E-state index contributed by atoms with van der Waals surface area (Å²) >= 11 is 5.98. The zero-order valence-corrected chi connectivity index (χ0v) is 18.5. The molecule has 170 valence electrons. The van der Waals surface area contributed by atoms with Crippen molar-refractivity contribution in [3.63, 3.8) is 0 Å². The van der Waals surface area contributed by atoms with E-state index >= 15 is 0 Å². The Hall–Kier alpha value is -2.56. The molecule has 2 aliphatic rings. The summed E-state index contributed by atoms with van der Waals surface area (Å²) in [6.45, 7) is -0.593. The van der Waals surface area contributed by atoms with E-state index in [2.05, 4.69) is 5.10 Å². The summed E-state index contributed by atoms with van der Waals surface area (Å²) in [5, 5.41) is 6.00. The Bertz CT molecular complexity index is 1120. The number of hydrazone groups is 1. The topological polar surface area (TPSA) is 82.1 Å². The highest BCUT2D eigenvalue weighted by molar-refractivity contribution is 7.87. The molecule has 2 amide bonds. The third kappa shape index (κ3) is 4.92. The molecule has 0 spiro atoms. The van der Waals surface area contributed by atoms with Crippen molar-refractivity contribution in [1.29, 1.82) is 0 Å². The smallest absolute Gasteiger partial charge is 0.245 e. The van der Waals surface area contributed by atoms with Gasteiger partial charge in [-0.1, -0.05) is 54.1 Å². The molecule has 11 heteroatoms. The van der Waals surface area contributed by atoms with Crippen LogP contribution < -0.4 is 4.72 Å². The van der Waals surface area contributed by atoms with E-state index in [9.17, 15) is 22.0 Å². The number of carbonyl (C=O) groups is 1. The molecule has 1 saturated heterocycles. The fraction of sp³-hybridized carbons (Fsp3) is 0.333. The third-order valence-electron chi connectivity index (χ3n) is 5.50. The van der Waals surface area contributed by atoms with Gasteiger partial charge in [0, 0.05) is 36.9 Å². The summed E-state index contributed by atoms with van der Waals surface area (Å²) in [6.07, 6.45) is -1.17. The summed E-state index contributed by atoms with van der Waals surface area (Å²) in [7, 11) is -4.27. The summed E-state index contributed by atoms with van der Waals surface area (Å²) in [4.78, 5) is 12.8. The van der Waals surface area contributed by atoms with Crippen LogP contribution in [0, 0.1) is 0 Å². The molecule has 0 saturated carbocycles. The molecule has 0 aliphatic carbocycles. The second-order valence-corrected chi connectivity index (χ2v) is 9.81. The highest BCUT2D eigenvalue weighted by Crippen LogP contribution is 2.30. The van der Waals surface area contributed by atoms with Crippen LogP contribution in [0.1, 0.15) is 29.9 Å². The maximum absolute atomic E-state index is 13.4.